The quantitative estimate of drug-likeness (QED) is 0.580. The number of hydrogen-bond acceptors (Lipinski definition) is 4. The van der Waals surface area contributed by atoms with E-state index in [9.17, 15) is 9.59 Å². The Bertz CT molecular complexity index is 412. The maximum atomic E-state index is 11.2. The number of ketones is 1. The van der Waals surface area contributed by atoms with E-state index in [4.69, 9.17) is 4.74 Å². The molecule has 4 heteroatoms. The number of rotatable bonds is 5. The number of carbonyl (C=O) groups excluding carboxylic acids is 2. The Hall–Kier alpha value is -1.84. The largest absolute Gasteiger partial charge is 0.493 e. The van der Waals surface area contributed by atoms with E-state index in [-0.39, 0.29) is 24.3 Å². The molecule has 0 amide bonds. The molecule has 0 saturated heterocycles. The first-order valence-corrected chi connectivity index (χ1v) is 5.36. The van der Waals surface area contributed by atoms with Crippen molar-refractivity contribution in [1.82, 2.24) is 0 Å². The van der Waals surface area contributed by atoms with Gasteiger partial charge >= 0.3 is 5.97 Å². The summed E-state index contributed by atoms with van der Waals surface area (Å²) in [6, 6.07) is 6.87. The Kier molecular flexibility index (Phi) is 4.69. The summed E-state index contributed by atoms with van der Waals surface area (Å²) in [5.41, 5.74) is 0.591. The van der Waals surface area contributed by atoms with Crippen molar-refractivity contribution in [3.8, 4) is 5.75 Å². The van der Waals surface area contributed by atoms with E-state index in [1.807, 2.05) is 0 Å². The minimum Gasteiger partial charge on any atom is -0.493 e. The smallest absolute Gasteiger partial charge is 0.311 e. The fourth-order valence-corrected chi connectivity index (χ4v) is 1.30. The van der Waals surface area contributed by atoms with Crippen molar-refractivity contribution >= 4 is 11.8 Å². The van der Waals surface area contributed by atoms with Crippen molar-refractivity contribution in [3.63, 3.8) is 0 Å². The van der Waals surface area contributed by atoms with Crippen LogP contribution in [0.5, 0.6) is 5.75 Å². The highest BCUT2D eigenvalue weighted by Crippen LogP contribution is 2.15. The first-order chi connectivity index (χ1) is 8.04. The van der Waals surface area contributed by atoms with Gasteiger partial charge in [0.1, 0.15) is 12.4 Å². The van der Waals surface area contributed by atoms with Gasteiger partial charge in [-0.3, -0.25) is 9.59 Å². The first kappa shape index (κ1) is 13.2. The predicted octanol–water partition coefficient (Wildman–Crippen LogP) is 2.08. The molecule has 0 aliphatic heterocycles. The van der Waals surface area contributed by atoms with Crippen LogP contribution in [0.25, 0.3) is 0 Å². The molecule has 0 bridgehead atoms. The summed E-state index contributed by atoms with van der Waals surface area (Å²) in [6.07, 6.45) is 0. The first-order valence-electron chi connectivity index (χ1n) is 5.36. The Balaban J connectivity index is 2.60. The molecule has 0 aliphatic carbocycles. The minimum absolute atomic E-state index is 0.0172. The maximum Gasteiger partial charge on any atom is 0.311 e. The van der Waals surface area contributed by atoms with E-state index >= 15 is 0 Å². The number of Topliss-reactive ketones (excluding diaryl/α,β-unsaturated/α-hetero) is 1. The van der Waals surface area contributed by atoms with Crippen molar-refractivity contribution < 1.29 is 19.1 Å². The van der Waals surface area contributed by atoms with Gasteiger partial charge in [-0.1, -0.05) is 12.1 Å². The molecule has 17 heavy (non-hydrogen) atoms. The normalized spacial score (nSPS) is 11.7. The minimum atomic E-state index is -0.332. The van der Waals surface area contributed by atoms with Gasteiger partial charge < -0.3 is 9.47 Å². The molecule has 0 fully saturated rings. The molecule has 4 nitrogen and oxygen atoms in total. The van der Waals surface area contributed by atoms with Crippen LogP contribution in [0, 0.1) is 5.92 Å². The van der Waals surface area contributed by atoms with E-state index in [2.05, 4.69) is 4.74 Å². The van der Waals surface area contributed by atoms with Crippen LogP contribution in [-0.4, -0.2) is 25.5 Å². The van der Waals surface area contributed by atoms with Crippen LogP contribution >= 0.6 is 0 Å². The monoisotopic (exact) mass is 236 g/mol. The molecule has 0 spiro atoms. The molecule has 0 aliphatic rings. The van der Waals surface area contributed by atoms with Crippen molar-refractivity contribution in [1.29, 1.82) is 0 Å². The summed E-state index contributed by atoms with van der Waals surface area (Å²) in [5, 5.41) is 0. The van der Waals surface area contributed by atoms with Crippen LogP contribution in [0.2, 0.25) is 0 Å². The number of hydrogen-bond donors (Lipinski definition) is 0. The lowest BCUT2D eigenvalue weighted by Crippen LogP contribution is -2.20. The zero-order valence-corrected chi connectivity index (χ0v) is 10.2. The molecule has 0 N–H and O–H groups in total. The summed E-state index contributed by atoms with van der Waals surface area (Å²) in [4.78, 5) is 22.3. The lowest BCUT2D eigenvalue weighted by Gasteiger charge is -2.11. The third-order valence-electron chi connectivity index (χ3n) is 2.34. The molecule has 0 aromatic heterocycles. The van der Waals surface area contributed by atoms with Gasteiger partial charge in [0.05, 0.1) is 13.0 Å². The second-order valence-corrected chi connectivity index (χ2v) is 3.82. The van der Waals surface area contributed by atoms with E-state index in [1.54, 1.807) is 31.2 Å². The van der Waals surface area contributed by atoms with E-state index in [0.29, 0.717) is 11.3 Å². The molecule has 0 saturated carbocycles. The van der Waals surface area contributed by atoms with Crippen LogP contribution < -0.4 is 4.74 Å². The lowest BCUT2D eigenvalue weighted by molar-refractivity contribution is -0.145. The van der Waals surface area contributed by atoms with Gasteiger partial charge in [-0.05, 0) is 26.0 Å². The van der Waals surface area contributed by atoms with Gasteiger partial charge in [0.2, 0.25) is 0 Å². The van der Waals surface area contributed by atoms with Gasteiger partial charge in [-0.15, -0.1) is 0 Å². The molecule has 0 radical (unpaired) electrons. The average molecular weight is 236 g/mol. The van der Waals surface area contributed by atoms with E-state index in [1.165, 1.54) is 14.0 Å². The highest BCUT2D eigenvalue weighted by Gasteiger charge is 2.13. The number of benzene rings is 1. The van der Waals surface area contributed by atoms with Gasteiger partial charge in [0, 0.05) is 5.56 Å². The fourth-order valence-electron chi connectivity index (χ4n) is 1.30. The Labute approximate surface area is 101 Å². The molecule has 1 aromatic rings. The Morgan fingerprint density at radius 1 is 1.35 bits per heavy atom. The van der Waals surface area contributed by atoms with Crippen LogP contribution in [-0.2, 0) is 9.53 Å². The van der Waals surface area contributed by atoms with Crippen molar-refractivity contribution in [2.75, 3.05) is 13.7 Å². The molecule has 1 unspecified atom stereocenters. The highest BCUT2D eigenvalue weighted by molar-refractivity contribution is 5.94. The molecule has 1 rings (SSSR count). The second-order valence-electron chi connectivity index (χ2n) is 3.82. The summed E-state index contributed by atoms with van der Waals surface area (Å²) in [5.74, 6) is -0.0846. The number of carbonyl (C=O) groups is 2. The third kappa shape index (κ3) is 3.90. The van der Waals surface area contributed by atoms with E-state index < -0.39 is 0 Å². The van der Waals surface area contributed by atoms with Crippen LogP contribution in [0.1, 0.15) is 24.2 Å². The Morgan fingerprint density at radius 3 is 2.65 bits per heavy atom. The average Bonchev–Trinajstić information content (AvgIpc) is 2.35. The topological polar surface area (TPSA) is 52.6 Å². The van der Waals surface area contributed by atoms with Crippen molar-refractivity contribution in [3.05, 3.63) is 29.8 Å². The van der Waals surface area contributed by atoms with Crippen molar-refractivity contribution in [2.24, 2.45) is 5.92 Å². The van der Waals surface area contributed by atoms with Gasteiger partial charge in [0.25, 0.3) is 0 Å². The summed E-state index contributed by atoms with van der Waals surface area (Å²) >= 11 is 0. The van der Waals surface area contributed by atoms with Gasteiger partial charge in [-0.25, -0.2) is 0 Å². The Morgan fingerprint density at radius 2 is 2.06 bits per heavy atom. The zero-order chi connectivity index (χ0) is 12.8. The lowest BCUT2D eigenvalue weighted by atomic mass is 10.1. The van der Waals surface area contributed by atoms with E-state index in [0.717, 1.165) is 0 Å². The van der Waals surface area contributed by atoms with Crippen LogP contribution in [0.15, 0.2) is 24.3 Å². The zero-order valence-electron chi connectivity index (χ0n) is 10.2. The molecular formula is C13H16O4. The fraction of sp³-hybridized carbons (Fsp3) is 0.385. The molecule has 1 aromatic carbocycles. The summed E-state index contributed by atoms with van der Waals surface area (Å²) in [7, 11) is 1.34. The molecular weight excluding hydrogens is 220 g/mol. The summed E-state index contributed by atoms with van der Waals surface area (Å²) in [6.45, 7) is 3.45. The maximum absolute atomic E-state index is 11.2. The SMILES string of the molecule is COC(=O)C(C)COc1cccc(C(C)=O)c1. The number of ether oxygens (including phenoxy) is 2. The highest BCUT2D eigenvalue weighted by atomic mass is 16.5. The standard InChI is InChI=1S/C13H16O4/c1-9(13(15)16-3)8-17-12-6-4-5-11(7-12)10(2)14/h4-7,9H,8H2,1-3H3. The summed E-state index contributed by atoms with van der Waals surface area (Å²) < 4.78 is 10.0. The molecule has 0 heterocycles. The van der Waals surface area contributed by atoms with Crippen molar-refractivity contribution in [2.45, 2.75) is 13.8 Å². The molecule has 1 atom stereocenters. The molecule has 92 valence electrons. The second kappa shape index (κ2) is 6.03. The van der Waals surface area contributed by atoms with Crippen LogP contribution in [0.3, 0.4) is 0 Å². The van der Waals surface area contributed by atoms with Gasteiger partial charge in [-0.2, -0.15) is 0 Å². The van der Waals surface area contributed by atoms with Gasteiger partial charge in [0.15, 0.2) is 5.78 Å². The number of methoxy groups -OCH3 is 1. The third-order valence-corrected chi connectivity index (χ3v) is 2.34. The predicted molar refractivity (Wildman–Crippen MR) is 63.1 cm³/mol. The van der Waals surface area contributed by atoms with Crippen LogP contribution in [0.4, 0.5) is 0 Å². The number of esters is 1.